The fourth-order valence-electron chi connectivity index (χ4n) is 4.01. The second-order valence-electron chi connectivity index (χ2n) is 7.95. The number of aromatic nitrogens is 3. The summed E-state index contributed by atoms with van der Waals surface area (Å²) >= 11 is 1.55. The van der Waals surface area contributed by atoms with E-state index in [1.54, 1.807) is 30.8 Å². The molecule has 1 aliphatic heterocycles. The summed E-state index contributed by atoms with van der Waals surface area (Å²) in [7, 11) is 1.66. The van der Waals surface area contributed by atoms with Crippen molar-refractivity contribution in [3.63, 3.8) is 0 Å². The lowest BCUT2D eigenvalue weighted by molar-refractivity contribution is 0.170. The van der Waals surface area contributed by atoms with Gasteiger partial charge in [-0.1, -0.05) is 23.5 Å². The third kappa shape index (κ3) is 4.99. The van der Waals surface area contributed by atoms with Crippen LogP contribution in [0.25, 0.3) is 10.2 Å². The van der Waals surface area contributed by atoms with Crippen LogP contribution in [0.15, 0.2) is 54.9 Å². The van der Waals surface area contributed by atoms with E-state index in [9.17, 15) is 0 Å². The number of piperidine rings is 1. The number of hydrogen-bond donors (Lipinski definition) is 1. The number of hydrogen-bond acceptors (Lipinski definition) is 9. The van der Waals surface area contributed by atoms with Gasteiger partial charge in [-0.15, -0.1) is 0 Å². The van der Waals surface area contributed by atoms with E-state index in [0.29, 0.717) is 12.4 Å². The van der Waals surface area contributed by atoms with Crippen LogP contribution in [-0.2, 0) is 0 Å². The zero-order chi connectivity index (χ0) is 23.3. The molecule has 176 valence electrons. The van der Waals surface area contributed by atoms with Crippen molar-refractivity contribution in [3.05, 3.63) is 54.9 Å². The molecule has 0 aliphatic carbocycles. The van der Waals surface area contributed by atoms with E-state index in [1.165, 1.54) is 0 Å². The topological polar surface area (TPSA) is 81.6 Å². The van der Waals surface area contributed by atoms with Gasteiger partial charge in [-0.25, -0.2) is 9.97 Å². The Kier molecular flexibility index (Phi) is 6.62. The molecule has 0 amide bonds. The fourth-order valence-corrected chi connectivity index (χ4v) is 4.91. The molecule has 0 spiro atoms. The molecule has 5 rings (SSSR count). The molecule has 34 heavy (non-hydrogen) atoms. The van der Waals surface area contributed by atoms with Gasteiger partial charge in [-0.2, -0.15) is 0 Å². The molecule has 0 saturated carbocycles. The summed E-state index contributed by atoms with van der Waals surface area (Å²) in [5, 5.41) is 4.07. The highest BCUT2D eigenvalue weighted by Crippen LogP contribution is 2.32. The van der Waals surface area contributed by atoms with Gasteiger partial charge in [0.2, 0.25) is 0 Å². The zero-order valence-corrected chi connectivity index (χ0v) is 20.0. The lowest BCUT2D eigenvalue weighted by Crippen LogP contribution is -2.41. The highest BCUT2D eigenvalue weighted by Gasteiger charge is 2.24. The number of para-hydroxylation sites is 2. The minimum atomic E-state index is 0.0491. The molecule has 2 aromatic carbocycles. The van der Waals surface area contributed by atoms with E-state index in [0.717, 1.165) is 64.3 Å². The number of thiazole rings is 1. The van der Waals surface area contributed by atoms with Gasteiger partial charge in [0.1, 0.15) is 17.7 Å². The van der Waals surface area contributed by atoms with Gasteiger partial charge < -0.3 is 24.4 Å². The number of nitrogens with one attached hydrogen (secondary N) is 1. The van der Waals surface area contributed by atoms with Crippen molar-refractivity contribution in [2.45, 2.75) is 25.9 Å². The van der Waals surface area contributed by atoms with Gasteiger partial charge in [0, 0.05) is 6.54 Å². The summed E-state index contributed by atoms with van der Waals surface area (Å²) in [6, 6.07) is 13.7. The van der Waals surface area contributed by atoms with Crippen LogP contribution in [0.5, 0.6) is 17.2 Å². The Bertz CT molecular complexity index is 1260. The maximum Gasteiger partial charge on any atom is 0.189 e. The average Bonchev–Trinajstić information content (AvgIpc) is 3.27. The first kappa shape index (κ1) is 22.2. The predicted molar refractivity (Wildman–Crippen MR) is 135 cm³/mol. The molecular formula is C25H27N5O3S. The van der Waals surface area contributed by atoms with E-state index in [-0.39, 0.29) is 6.10 Å². The minimum absolute atomic E-state index is 0.0491. The second kappa shape index (κ2) is 10.1. The van der Waals surface area contributed by atoms with Crippen LogP contribution in [-0.4, -0.2) is 47.9 Å². The first-order chi connectivity index (χ1) is 16.7. The Labute approximate surface area is 202 Å². The molecule has 1 aliphatic rings. The molecule has 1 fully saturated rings. The largest absolute Gasteiger partial charge is 0.497 e. The van der Waals surface area contributed by atoms with Gasteiger partial charge in [0.25, 0.3) is 0 Å². The summed E-state index contributed by atoms with van der Waals surface area (Å²) in [5.41, 5.74) is 0.917. The van der Waals surface area contributed by atoms with E-state index in [4.69, 9.17) is 19.2 Å². The molecule has 0 bridgehead atoms. The quantitative estimate of drug-likeness (QED) is 0.367. The standard InChI is InChI=1S/C25H27N5O3S/c1-3-32-20-8-4-5-9-21(20)33-18-7-6-12-30(16-18)24-15-26-14-23(28-24)29-25-27-19-11-10-17(31-2)13-22(19)34-25/h4-5,8-11,13-15,18H,3,6-7,12,16H2,1-2H3,(H,27,28,29). The molecule has 2 aromatic heterocycles. The zero-order valence-electron chi connectivity index (χ0n) is 19.2. The van der Waals surface area contributed by atoms with Gasteiger partial charge in [0.05, 0.1) is 42.9 Å². The van der Waals surface area contributed by atoms with E-state index < -0.39 is 0 Å². The summed E-state index contributed by atoms with van der Waals surface area (Å²) in [4.78, 5) is 16.1. The third-order valence-electron chi connectivity index (χ3n) is 5.60. The molecular weight excluding hydrogens is 450 g/mol. The summed E-state index contributed by atoms with van der Waals surface area (Å²) in [6.07, 6.45) is 5.56. The van der Waals surface area contributed by atoms with Crippen molar-refractivity contribution < 1.29 is 14.2 Å². The summed E-state index contributed by atoms with van der Waals surface area (Å²) in [6.45, 7) is 4.23. The molecule has 1 saturated heterocycles. The first-order valence-electron chi connectivity index (χ1n) is 11.4. The molecule has 1 unspecified atom stereocenters. The number of rotatable bonds is 8. The third-order valence-corrected chi connectivity index (χ3v) is 6.53. The van der Waals surface area contributed by atoms with Crippen molar-refractivity contribution in [1.29, 1.82) is 0 Å². The Hall–Kier alpha value is -3.59. The maximum absolute atomic E-state index is 6.32. The first-order valence-corrected chi connectivity index (χ1v) is 12.2. The maximum atomic E-state index is 6.32. The number of methoxy groups -OCH3 is 1. The Morgan fingerprint density at radius 3 is 2.85 bits per heavy atom. The van der Waals surface area contributed by atoms with Gasteiger partial charge in [-0.3, -0.25) is 4.98 Å². The van der Waals surface area contributed by atoms with Crippen molar-refractivity contribution >= 4 is 38.3 Å². The average molecular weight is 478 g/mol. The van der Waals surface area contributed by atoms with Gasteiger partial charge in [0.15, 0.2) is 22.4 Å². The lowest BCUT2D eigenvalue weighted by atomic mass is 10.1. The van der Waals surface area contributed by atoms with Crippen molar-refractivity contribution in [2.24, 2.45) is 0 Å². The molecule has 4 aromatic rings. The van der Waals surface area contributed by atoms with E-state index in [1.807, 2.05) is 49.4 Å². The Balaban J connectivity index is 1.28. The molecule has 0 radical (unpaired) electrons. The fraction of sp³-hybridized carbons (Fsp3) is 0.320. The SMILES string of the molecule is CCOc1ccccc1OC1CCCN(c2cncc(Nc3nc4ccc(OC)cc4s3)n2)C1. The number of ether oxygens (including phenoxy) is 3. The highest BCUT2D eigenvalue weighted by molar-refractivity contribution is 7.22. The second-order valence-corrected chi connectivity index (χ2v) is 8.98. The highest BCUT2D eigenvalue weighted by atomic mass is 32.1. The molecule has 9 heteroatoms. The van der Waals surface area contributed by atoms with Crippen LogP contribution < -0.4 is 24.4 Å². The Morgan fingerprint density at radius 1 is 1.12 bits per heavy atom. The van der Waals surface area contributed by atoms with Crippen molar-refractivity contribution in [2.75, 3.05) is 37.0 Å². The van der Waals surface area contributed by atoms with Crippen LogP contribution in [0.4, 0.5) is 16.8 Å². The minimum Gasteiger partial charge on any atom is -0.497 e. The number of anilines is 3. The summed E-state index contributed by atoms with van der Waals surface area (Å²) < 4.78 is 18.4. The monoisotopic (exact) mass is 477 g/mol. The smallest absolute Gasteiger partial charge is 0.189 e. The van der Waals surface area contributed by atoms with Crippen molar-refractivity contribution in [1.82, 2.24) is 15.0 Å². The normalized spacial score (nSPS) is 15.8. The van der Waals surface area contributed by atoms with Crippen molar-refractivity contribution in [3.8, 4) is 17.2 Å². The van der Waals surface area contributed by atoms with E-state index in [2.05, 4.69) is 20.2 Å². The van der Waals surface area contributed by atoms with Crippen LogP contribution >= 0.6 is 11.3 Å². The van der Waals surface area contributed by atoms with Crippen LogP contribution in [0, 0.1) is 0 Å². The Morgan fingerprint density at radius 2 is 2.00 bits per heavy atom. The molecule has 3 heterocycles. The lowest BCUT2D eigenvalue weighted by Gasteiger charge is -2.33. The van der Waals surface area contributed by atoms with E-state index >= 15 is 0 Å². The number of benzene rings is 2. The number of nitrogens with zero attached hydrogens (tertiary/aromatic N) is 4. The predicted octanol–water partition coefficient (Wildman–Crippen LogP) is 5.29. The molecule has 8 nitrogen and oxygen atoms in total. The van der Waals surface area contributed by atoms with Gasteiger partial charge in [-0.05, 0) is 50.1 Å². The van der Waals surface area contributed by atoms with Crippen LogP contribution in [0.1, 0.15) is 19.8 Å². The van der Waals surface area contributed by atoms with Crippen LogP contribution in [0.3, 0.4) is 0 Å². The summed E-state index contributed by atoms with van der Waals surface area (Å²) in [5.74, 6) is 3.86. The molecule has 1 atom stereocenters. The molecule has 1 N–H and O–H groups in total. The number of fused-ring (bicyclic) bond motifs is 1. The van der Waals surface area contributed by atoms with Crippen LogP contribution in [0.2, 0.25) is 0 Å². The van der Waals surface area contributed by atoms with Gasteiger partial charge >= 0.3 is 0 Å².